The number of hydrogen-bond donors (Lipinski definition) is 0. The van der Waals surface area contributed by atoms with Crippen LogP contribution in [0.25, 0.3) is 0 Å². The zero-order valence-electron chi connectivity index (χ0n) is 17.1. The molecule has 5 heteroatoms. The molecule has 3 heterocycles. The molecular weight excluding hydrogens is 374 g/mol. The van der Waals surface area contributed by atoms with Crippen molar-refractivity contribution in [2.24, 2.45) is 0 Å². The van der Waals surface area contributed by atoms with Gasteiger partial charge in [0.15, 0.2) is 0 Å². The normalized spacial score (nSPS) is 20.2. The fraction of sp³-hybridized carbons (Fsp3) is 0.280. The van der Waals surface area contributed by atoms with E-state index < -0.39 is 0 Å². The van der Waals surface area contributed by atoms with Gasteiger partial charge in [-0.05, 0) is 35.7 Å². The Morgan fingerprint density at radius 2 is 1.67 bits per heavy atom. The average molecular weight is 399 g/mol. The van der Waals surface area contributed by atoms with Gasteiger partial charge < -0.3 is 14.4 Å². The summed E-state index contributed by atoms with van der Waals surface area (Å²) in [5, 5.41) is 0. The molecule has 1 saturated heterocycles. The summed E-state index contributed by atoms with van der Waals surface area (Å²) in [5.41, 5.74) is 4.02. The first-order valence-electron chi connectivity index (χ1n) is 10.5. The predicted molar refractivity (Wildman–Crippen MR) is 115 cm³/mol. The van der Waals surface area contributed by atoms with E-state index in [0.717, 1.165) is 16.7 Å². The number of carbonyl (C=O) groups excluding carboxylic acids is 2. The molecule has 30 heavy (non-hydrogen) atoms. The van der Waals surface area contributed by atoms with Crippen molar-refractivity contribution in [1.29, 1.82) is 0 Å². The van der Waals surface area contributed by atoms with Crippen molar-refractivity contribution < 1.29 is 9.59 Å². The topological polar surface area (TPSA) is 45.6 Å². The van der Waals surface area contributed by atoms with E-state index in [1.807, 2.05) is 89.7 Å². The van der Waals surface area contributed by atoms with Gasteiger partial charge in [-0.25, -0.2) is 0 Å². The third-order valence-corrected chi connectivity index (χ3v) is 6.43. The summed E-state index contributed by atoms with van der Waals surface area (Å²) in [6.45, 7) is 3.81. The minimum Gasteiger partial charge on any atom is -0.338 e. The van der Waals surface area contributed by atoms with Gasteiger partial charge in [0.05, 0.1) is 18.5 Å². The number of nitrogens with zero attached hydrogens (tertiary/aromatic N) is 3. The van der Waals surface area contributed by atoms with Gasteiger partial charge in [-0.1, -0.05) is 54.6 Å². The van der Waals surface area contributed by atoms with Crippen LogP contribution in [0.2, 0.25) is 0 Å². The van der Waals surface area contributed by atoms with Crippen molar-refractivity contribution in [3.63, 3.8) is 0 Å². The highest BCUT2D eigenvalue weighted by Gasteiger charge is 2.46. The third-order valence-electron chi connectivity index (χ3n) is 6.43. The number of rotatable bonds is 4. The Kier molecular flexibility index (Phi) is 4.66. The third kappa shape index (κ3) is 3.20. The molecule has 0 unspecified atom stereocenters. The minimum atomic E-state index is -0.0153. The van der Waals surface area contributed by atoms with Crippen LogP contribution in [0.5, 0.6) is 0 Å². The molecule has 1 fully saturated rings. The molecule has 5 nitrogen and oxygen atoms in total. The van der Waals surface area contributed by atoms with E-state index in [0.29, 0.717) is 31.7 Å². The Hall–Kier alpha value is -3.34. The molecular formula is C25H25N3O2. The van der Waals surface area contributed by atoms with Gasteiger partial charge in [-0.3, -0.25) is 9.59 Å². The van der Waals surface area contributed by atoms with E-state index in [4.69, 9.17) is 0 Å². The van der Waals surface area contributed by atoms with E-state index in [9.17, 15) is 9.59 Å². The summed E-state index contributed by atoms with van der Waals surface area (Å²) in [5.74, 6) is 0.165. The summed E-state index contributed by atoms with van der Waals surface area (Å²) >= 11 is 0. The summed E-state index contributed by atoms with van der Waals surface area (Å²) in [6.07, 6.45) is 2.37. The summed E-state index contributed by atoms with van der Waals surface area (Å²) in [7, 11) is 0. The molecule has 0 bridgehead atoms. The fourth-order valence-corrected chi connectivity index (χ4v) is 4.77. The number of hydrogen-bond acceptors (Lipinski definition) is 2. The fourth-order valence-electron chi connectivity index (χ4n) is 4.77. The molecule has 0 spiro atoms. The summed E-state index contributed by atoms with van der Waals surface area (Å²) in [4.78, 5) is 30.2. The number of amides is 2. The Labute approximate surface area is 176 Å². The smallest absolute Gasteiger partial charge is 0.271 e. The standard InChI is InChI=1S/C25H25N3O2/c1-18-8-5-6-11-20(18)14-24(29)26-16-22-23(17-26)28(15-19-9-3-2-4-10-19)25(30)21-12-7-13-27(21)22/h2-13,22-23H,14-17H2,1H3/t22-,23+/m0/s1. The Bertz CT molecular complexity index is 1090. The lowest BCUT2D eigenvalue weighted by Crippen LogP contribution is -2.49. The molecule has 152 valence electrons. The largest absolute Gasteiger partial charge is 0.338 e. The zero-order chi connectivity index (χ0) is 20.7. The second-order valence-electron chi connectivity index (χ2n) is 8.26. The van der Waals surface area contributed by atoms with Crippen LogP contribution in [0.15, 0.2) is 72.9 Å². The monoisotopic (exact) mass is 399 g/mol. The second-order valence-corrected chi connectivity index (χ2v) is 8.26. The van der Waals surface area contributed by atoms with Crippen LogP contribution in [-0.2, 0) is 17.8 Å². The molecule has 5 rings (SSSR count). The van der Waals surface area contributed by atoms with E-state index in [-0.39, 0.29) is 23.9 Å². The van der Waals surface area contributed by atoms with Crippen LogP contribution >= 0.6 is 0 Å². The van der Waals surface area contributed by atoms with Crippen molar-refractivity contribution in [3.05, 3.63) is 95.3 Å². The van der Waals surface area contributed by atoms with Gasteiger partial charge in [0, 0.05) is 25.8 Å². The lowest BCUT2D eigenvalue weighted by atomic mass is 10.0. The lowest BCUT2D eigenvalue weighted by Gasteiger charge is -2.38. The number of benzene rings is 2. The highest BCUT2D eigenvalue weighted by atomic mass is 16.2. The van der Waals surface area contributed by atoms with Crippen LogP contribution in [0.1, 0.15) is 33.2 Å². The molecule has 3 aromatic rings. The molecule has 1 aromatic heterocycles. The maximum atomic E-state index is 13.2. The molecule has 2 aromatic carbocycles. The van der Waals surface area contributed by atoms with E-state index >= 15 is 0 Å². The van der Waals surface area contributed by atoms with Crippen LogP contribution < -0.4 is 0 Å². The first-order valence-corrected chi connectivity index (χ1v) is 10.5. The number of carbonyl (C=O) groups is 2. The number of aromatic nitrogens is 1. The van der Waals surface area contributed by atoms with Gasteiger partial charge in [0.1, 0.15) is 5.69 Å². The molecule has 2 atom stereocenters. The Morgan fingerprint density at radius 1 is 0.933 bits per heavy atom. The predicted octanol–water partition coefficient (Wildman–Crippen LogP) is 3.45. The quantitative estimate of drug-likeness (QED) is 0.675. The average Bonchev–Trinajstić information content (AvgIpc) is 3.41. The SMILES string of the molecule is Cc1ccccc1CC(=O)N1C[C@@H]2[C@H](C1)n1cccc1C(=O)N2Cc1ccccc1. The lowest BCUT2D eigenvalue weighted by molar-refractivity contribution is -0.129. The highest BCUT2D eigenvalue weighted by Crippen LogP contribution is 2.35. The molecule has 0 aliphatic carbocycles. The van der Waals surface area contributed by atoms with Crippen molar-refractivity contribution in [1.82, 2.24) is 14.4 Å². The van der Waals surface area contributed by atoms with Gasteiger partial charge in [-0.15, -0.1) is 0 Å². The van der Waals surface area contributed by atoms with Crippen molar-refractivity contribution in [3.8, 4) is 0 Å². The van der Waals surface area contributed by atoms with Crippen molar-refractivity contribution in [2.45, 2.75) is 32.0 Å². The maximum Gasteiger partial charge on any atom is 0.271 e. The summed E-state index contributed by atoms with van der Waals surface area (Å²) < 4.78 is 2.07. The number of fused-ring (bicyclic) bond motifs is 3. The molecule has 2 amide bonds. The van der Waals surface area contributed by atoms with Crippen molar-refractivity contribution >= 4 is 11.8 Å². The second kappa shape index (κ2) is 7.48. The molecule has 2 aliphatic rings. The van der Waals surface area contributed by atoms with Crippen LogP contribution in [0, 0.1) is 6.92 Å². The minimum absolute atomic E-state index is 0.0153. The first-order chi connectivity index (χ1) is 14.6. The Morgan fingerprint density at radius 3 is 2.47 bits per heavy atom. The molecule has 0 radical (unpaired) electrons. The Balaban J connectivity index is 1.41. The van der Waals surface area contributed by atoms with Crippen LogP contribution in [0.3, 0.4) is 0 Å². The van der Waals surface area contributed by atoms with Crippen LogP contribution in [0.4, 0.5) is 0 Å². The van der Waals surface area contributed by atoms with Gasteiger partial charge >= 0.3 is 0 Å². The molecule has 0 saturated carbocycles. The number of likely N-dealkylation sites (tertiary alicyclic amines) is 1. The van der Waals surface area contributed by atoms with Crippen LogP contribution in [-0.4, -0.2) is 45.3 Å². The molecule has 0 N–H and O–H groups in total. The maximum absolute atomic E-state index is 13.2. The van der Waals surface area contributed by atoms with E-state index in [1.165, 1.54) is 0 Å². The zero-order valence-corrected chi connectivity index (χ0v) is 17.1. The van der Waals surface area contributed by atoms with Gasteiger partial charge in [0.25, 0.3) is 5.91 Å². The van der Waals surface area contributed by atoms with Gasteiger partial charge in [0.2, 0.25) is 5.91 Å². The summed E-state index contributed by atoms with van der Waals surface area (Å²) in [6, 6.07) is 22.0. The van der Waals surface area contributed by atoms with E-state index in [2.05, 4.69) is 4.57 Å². The highest BCUT2D eigenvalue weighted by molar-refractivity contribution is 5.94. The molecule has 2 aliphatic heterocycles. The van der Waals surface area contributed by atoms with E-state index in [1.54, 1.807) is 0 Å². The first kappa shape index (κ1) is 18.7. The van der Waals surface area contributed by atoms with Crippen molar-refractivity contribution in [2.75, 3.05) is 13.1 Å². The number of aryl methyl sites for hydroxylation is 1. The van der Waals surface area contributed by atoms with Gasteiger partial charge in [-0.2, -0.15) is 0 Å².